The second kappa shape index (κ2) is 5.59. The molecule has 0 aromatic carbocycles. The fourth-order valence-electron chi connectivity index (χ4n) is 2.34. The molecular weight excluding hydrogens is 232 g/mol. The number of carbonyl (C=O) groups is 2. The molecule has 1 saturated carbocycles. The molecular formula is C13H24N2O3. The molecule has 5 nitrogen and oxygen atoms in total. The molecule has 0 saturated heterocycles. The van der Waals surface area contributed by atoms with Gasteiger partial charge in [-0.25, -0.2) is 9.59 Å². The third-order valence-corrected chi connectivity index (χ3v) is 4.00. The number of rotatable bonds is 4. The standard InChI is InChI=1S/C13H24N2O3/c1-5-15(10-8-6-7-9-10)12(18)14(4)13(2,3)11(16)17/h10H,5-9H2,1-4H3,(H,16,17). The minimum absolute atomic E-state index is 0.184. The van der Waals surface area contributed by atoms with E-state index in [1.165, 1.54) is 4.90 Å². The Kier molecular flexibility index (Phi) is 4.59. The van der Waals surface area contributed by atoms with Crippen LogP contribution in [-0.4, -0.2) is 52.1 Å². The van der Waals surface area contributed by atoms with Crippen molar-refractivity contribution in [1.29, 1.82) is 0 Å². The normalized spacial score (nSPS) is 16.7. The molecule has 1 aliphatic carbocycles. The lowest BCUT2D eigenvalue weighted by Gasteiger charge is -2.38. The largest absolute Gasteiger partial charge is 0.480 e. The number of carboxylic acid groups (broad SMARTS) is 1. The van der Waals surface area contributed by atoms with Crippen LogP contribution in [0.1, 0.15) is 46.5 Å². The fraction of sp³-hybridized carbons (Fsp3) is 0.846. The highest BCUT2D eigenvalue weighted by molar-refractivity contribution is 5.85. The summed E-state index contributed by atoms with van der Waals surface area (Å²) in [6.07, 6.45) is 4.36. The number of carboxylic acids is 1. The fourth-order valence-corrected chi connectivity index (χ4v) is 2.34. The van der Waals surface area contributed by atoms with Crippen LogP contribution in [0, 0.1) is 0 Å². The smallest absolute Gasteiger partial charge is 0.329 e. The monoisotopic (exact) mass is 256 g/mol. The molecule has 0 unspecified atom stereocenters. The number of amides is 2. The lowest BCUT2D eigenvalue weighted by atomic mass is 10.0. The molecule has 1 fully saturated rings. The van der Waals surface area contributed by atoms with Crippen LogP contribution in [0.4, 0.5) is 4.79 Å². The summed E-state index contributed by atoms with van der Waals surface area (Å²) in [6, 6.07) is 0.0892. The van der Waals surface area contributed by atoms with Crippen LogP contribution in [0.3, 0.4) is 0 Å². The minimum Gasteiger partial charge on any atom is -0.480 e. The van der Waals surface area contributed by atoms with Crippen LogP contribution >= 0.6 is 0 Å². The Morgan fingerprint density at radius 2 is 1.78 bits per heavy atom. The predicted molar refractivity (Wildman–Crippen MR) is 69.5 cm³/mol. The molecule has 1 rings (SSSR count). The van der Waals surface area contributed by atoms with Crippen molar-refractivity contribution >= 4 is 12.0 Å². The van der Waals surface area contributed by atoms with Gasteiger partial charge in [0.1, 0.15) is 5.54 Å². The van der Waals surface area contributed by atoms with Crippen molar-refractivity contribution in [2.45, 2.75) is 58.0 Å². The highest BCUT2D eigenvalue weighted by Crippen LogP contribution is 2.25. The van der Waals surface area contributed by atoms with Gasteiger partial charge in [0.05, 0.1) is 0 Å². The number of carbonyl (C=O) groups excluding carboxylic acids is 1. The predicted octanol–water partition coefficient (Wildman–Crippen LogP) is 2.17. The highest BCUT2D eigenvalue weighted by Gasteiger charge is 2.38. The summed E-state index contributed by atoms with van der Waals surface area (Å²) >= 11 is 0. The van der Waals surface area contributed by atoms with E-state index in [1.807, 2.05) is 6.92 Å². The van der Waals surface area contributed by atoms with E-state index in [9.17, 15) is 9.59 Å². The van der Waals surface area contributed by atoms with E-state index < -0.39 is 11.5 Å². The molecule has 0 aromatic rings. The summed E-state index contributed by atoms with van der Waals surface area (Å²) in [5.41, 5.74) is -1.18. The van der Waals surface area contributed by atoms with Gasteiger partial charge in [0.25, 0.3) is 0 Å². The molecule has 5 heteroatoms. The van der Waals surface area contributed by atoms with Crippen molar-refractivity contribution in [3.8, 4) is 0 Å². The number of hydrogen-bond acceptors (Lipinski definition) is 2. The first-order valence-electron chi connectivity index (χ1n) is 6.60. The van der Waals surface area contributed by atoms with Crippen molar-refractivity contribution in [3.63, 3.8) is 0 Å². The molecule has 0 bridgehead atoms. The van der Waals surface area contributed by atoms with Crippen molar-refractivity contribution in [3.05, 3.63) is 0 Å². The van der Waals surface area contributed by atoms with Crippen LogP contribution in [0.5, 0.6) is 0 Å². The first kappa shape index (κ1) is 14.8. The summed E-state index contributed by atoms with van der Waals surface area (Å²) in [4.78, 5) is 26.7. The zero-order valence-electron chi connectivity index (χ0n) is 11.8. The summed E-state index contributed by atoms with van der Waals surface area (Å²) in [5.74, 6) is -0.985. The van der Waals surface area contributed by atoms with Gasteiger partial charge >= 0.3 is 12.0 Å². The Morgan fingerprint density at radius 3 is 2.17 bits per heavy atom. The van der Waals surface area contributed by atoms with E-state index in [2.05, 4.69) is 0 Å². The first-order chi connectivity index (χ1) is 8.32. The lowest BCUT2D eigenvalue weighted by Crippen LogP contribution is -2.56. The van der Waals surface area contributed by atoms with Gasteiger partial charge in [0.15, 0.2) is 0 Å². The van der Waals surface area contributed by atoms with Crippen LogP contribution in [0.2, 0.25) is 0 Å². The molecule has 1 N–H and O–H groups in total. The van der Waals surface area contributed by atoms with Crippen molar-refractivity contribution in [2.24, 2.45) is 0 Å². The molecule has 0 heterocycles. The van der Waals surface area contributed by atoms with Gasteiger partial charge in [-0.05, 0) is 33.6 Å². The van der Waals surface area contributed by atoms with Gasteiger partial charge in [-0.3, -0.25) is 0 Å². The van der Waals surface area contributed by atoms with Crippen molar-refractivity contribution < 1.29 is 14.7 Å². The quantitative estimate of drug-likeness (QED) is 0.838. The van der Waals surface area contributed by atoms with Crippen LogP contribution < -0.4 is 0 Å². The van der Waals surface area contributed by atoms with Gasteiger partial charge in [0, 0.05) is 19.6 Å². The molecule has 104 valence electrons. The maximum atomic E-state index is 12.4. The SMILES string of the molecule is CCN(C(=O)N(C)C(C)(C)C(=O)O)C1CCCC1. The average molecular weight is 256 g/mol. The zero-order chi connectivity index (χ0) is 13.9. The van der Waals surface area contributed by atoms with Gasteiger partial charge < -0.3 is 14.9 Å². The van der Waals surface area contributed by atoms with Crippen LogP contribution in [-0.2, 0) is 4.79 Å². The highest BCUT2D eigenvalue weighted by atomic mass is 16.4. The van der Waals surface area contributed by atoms with E-state index >= 15 is 0 Å². The molecule has 0 atom stereocenters. The molecule has 0 radical (unpaired) electrons. The van der Waals surface area contributed by atoms with E-state index in [4.69, 9.17) is 5.11 Å². The molecule has 0 aromatic heterocycles. The number of nitrogens with zero attached hydrogens (tertiary/aromatic N) is 2. The third-order valence-electron chi connectivity index (χ3n) is 4.00. The molecule has 18 heavy (non-hydrogen) atoms. The Labute approximate surface area is 109 Å². The number of aliphatic carboxylic acids is 1. The maximum Gasteiger partial charge on any atom is 0.329 e. The van der Waals surface area contributed by atoms with Crippen LogP contribution in [0.15, 0.2) is 0 Å². The summed E-state index contributed by atoms with van der Waals surface area (Å²) in [6.45, 7) is 5.67. The number of likely N-dealkylation sites (N-methyl/N-ethyl adjacent to an activating group) is 1. The third kappa shape index (κ3) is 2.76. The lowest BCUT2D eigenvalue weighted by molar-refractivity contribution is -0.147. The van der Waals surface area contributed by atoms with E-state index in [-0.39, 0.29) is 12.1 Å². The molecule has 0 spiro atoms. The van der Waals surface area contributed by atoms with Crippen LogP contribution in [0.25, 0.3) is 0 Å². The van der Waals surface area contributed by atoms with Gasteiger partial charge in [-0.1, -0.05) is 12.8 Å². The van der Waals surface area contributed by atoms with E-state index in [0.717, 1.165) is 25.7 Å². The van der Waals surface area contributed by atoms with Crippen molar-refractivity contribution in [1.82, 2.24) is 9.80 Å². The second-order valence-corrected chi connectivity index (χ2v) is 5.43. The van der Waals surface area contributed by atoms with Gasteiger partial charge in [-0.2, -0.15) is 0 Å². The molecule has 0 aliphatic heterocycles. The van der Waals surface area contributed by atoms with Gasteiger partial charge in [0.2, 0.25) is 0 Å². The number of hydrogen-bond donors (Lipinski definition) is 1. The topological polar surface area (TPSA) is 60.9 Å². The van der Waals surface area contributed by atoms with Gasteiger partial charge in [-0.15, -0.1) is 0 Å². The first-order valence-corrected chi connectivity index (χ1v) is 6.60. The van der Waals surface area contributed by atoms with Crippen molar-refractivity contribution in [2.75, 3.05) is 13.6 Å². The number of urea groups is 1. The molecule has 1 aliphatic rings. The summed E-state index contributed by atoms with van der Waals surface area (Å²) in [7, 11) is 1.56. The Bertz CT molecular complexity index is 322. The van der Waals surface area contributed by atoms with E-state index in [1.54, 1.807) is 25.8 Å². The Hall–Kier alpha value is -1.26. The maximum absolute atomic E-state index is 12.4. The Balaban J connectivity index is 2.80. The second-order valence-electron chi connectivity index (χ2n) is 5.43. The minimum atomic E-state index is -1.18. The summed E-state index contributed by atoms with van der Waals surface area (Å²) < 4.78 is 0. The average Bonchev–Trinajstić information content (AvgIpc) is 2.82. The summed E-state index contributed by atoms with van der Waals surface area (Å²) in [5, 5.41) is 9.17. The Morgan fingerprint density at radius 1 is 1.28 bits per heavy atom. The zero-order valence-corrected chi connectivity index (χ0v) is 11.8. The molecule has 2 amide bonds. The van der Waals surface area contributed by atoms with E-state index in [0.29, 0.717) is 6.54 Å².